The van der Waals surface area contributed by atoms with Gasteiger partial charge >= 0.3 is 5.97 Å². The zero-order valence-corrected chi connectivity index (χ0v) is 9.28. The Labute approximate surface area is 91.9 Å². The number of carboxylic acids is 1. The molecule has 82 valence electrons. The van der Waals surface area contributed by atoms with Crippen LogP contribution in [-0.4, -0.2) is 33.0 Å². The number of hydrogen-bond donors (Lipinski definition) is 1. The van der Waals surface area contributed by atoms with Crippen molar-refractivity contribution in [2.45, 2.75) is 25.8 Å². The largest absolute Gasteiger partial charge is 0.481 e. The van der Waals surface area contributed by atoms with Gasteiger partial charge in [-0.2, -0.15) is 4.37 Å². The molecule has 1 aliphatic rings. The molecule has 0 aromatic carbocycles. The molecular weight excluding hydrogens is 214 g/mol. The van der Waals surface area contributed by atoms with E-state index in [1.165, 1.54) is 17.9 Å². The van der Waals surface area contributed by atoms with Gasteiger partial charge in [0.15, 0.2) is 0 Å². The molecule has 0 amide bonds. The van der Waals surface area contributed by atoms with E-state index in [2.05, 4.69) is 9.36 Å². The summed E-state index contributed by atoms with van der Waals surface area (Å²) < 4.78 is 3.94. The van der Waals surface area contributed by atoms with Crippen LogP contribution in [0.1, 0.15) is 19.8 Å². The van der Waals surface area contributed by atoms with Crippen molar-refractivity contribution in [3.63, 3.8) is 0 Å². The highest BCUT2D eigenvalue weighted by atomic mass is 32.1. The average molecular weight is 227 g/mol. The monoisotopic (exact) mass is 227 g/mol. The lowest BCUT2D eigenvalue weighted by Gasteiger charge is -2.36. The first-order valence-electron chi connectivity index (χ1n) is 4.96. The van der Waals surface area contributed by atoms with Crippen LogP contribution in [0.25, 0.3) is 0 Å². The highest BCUT2D eigenvalue weighted by Crippen LogP contribution is 2.29. The second-order valence-corrected chi connectivity index (χ2v) is 4.50. The third-order valence-electron chi connectivity index (χ3n) is 2.90. The van der Waals surface area contributed by atoms with E-state index in [0.29, 0.717) is 0 Å². The predicted octanol–water partition coefficient (Wildman–Crippen LogP) is 1.23. The smallest absolute Gasteiger partial charge is 0.308 e. The Morgan fingerprint density at radius 2 is 2.53 bits per heavy atom. The fraction of sp³-hybridized carbons (Fsp3) is 0.667. The number of carbonyl (C=O) groups is 1. The Morgan fingerprint density at radius 3 is 3.13 bits per heavy atom. The van der Waals surface area contributed by atoms with Crippen molar-refractivity contribution in [1.82, 2.24) is 9.36 Å². The molecule has 1 saturated heterocycles. The van der Waals surface area contributed by atoms with Gasteiger partial charge in [-0.05, 0) is 19.8 Å². The van der Waals surface area contributed by atoms with Crippen molar-refractivity contribution in [2.24, 2.45) is 5.92 Å². The molecule has 5 nitrogen and oxygen atoms in total. The summed E-state index contributed by atoms with van der Waals surface area (Å²) in [6.07, 6.45) is 3.17. The Morgan fingerprint density at radius 1 is 1.73 bits per heavy atom. The number of aromatic nitrogens is 2. The average Bonchev–Trinajstić information content (AvgIpc) is 2.70. The van der Waals surface area contributed by atoms with E-state index in [1.54, 1.807) is 0 Å². The molecule has 1 fully saturated rings. The Bertz CT molecular complexity index is 341. The number of carboxylic acid groups (broad SMARTS) is 1. The fourth-order valence-corrected chi connectivity index (χ4v) is 2.68. The van der Waals surface area contributed by atoms with E-state index in [-0.39, 0.29) is 12.0 Å². The van der Waals surface area contributed by atoms with E-state index in [0.717, 1.165) is 24.5 Å². The molecule has 2 heterocycles. The Hall–Kier alpha value is -1.17. The Kier molecular flexibility index (Phi) is 2.86. The molecule has 1 N–H and O–H groups in total. The lowest BCUT2D eigenvalue weighted by molar-refractivity contribution is -0.143. The first-order valence-corrected chi connectivity index (χ1v) is 5.73. The number of aliphatic carboxylic acids is 1. The standard InChI is InChI=1S/C9H13N3O2S/c1-6-7(8(13)14)3-2-4-12(6)9-10-5-11-15-9/h5-7H,2-4H2,1H3,(H,13,14). The molecule has 0 bridgehead atoms. The molecule has 0 saturated carbocycles. The van der Waals surface area contributed by atoms with Gasteiger partial charge < -0.3 is 10.0 Å². The highest BCUT2D eigenvalue weighted by Gasteiger charge is 2.33. The molecule has 1 aliphatic heterocycles. The van der Waals surface area contributed by atoms with Crippen LogP contribution in [0.2, 0.25) is 0 Å². The molecule has 15 heavy (non-hydrogen) atoms. The van der Waals surface area contributed by atoms with Crippen molar-refractivity contribution in [1.29, 1.82) is 0 Å². The van der Waals surface area contributed by atoms with Gasteiger partial charge in [-0.3, -0.25) is 4.79 Å². The summed E-state index contributed by atoms with van der Waals surface area (Å²) in [7, 11) is 0. The van der Waals surface area contributed by atoms with Gasteiger partial charge in [-0.25, -0.2) is 4.98 Å². The van der Waals surface area contributed by atoms with E-state index < -0.39 is 5.97 Å². The van der Waals surface area contributed by atoms with Crippen LogP contribution in [0.3, 0.4) is 0 Å². The molecule has 2 rings (SSSR count). The van der Waals surface area contributed by atoms with E-state index >= 15 is 0 Å². The summed E-state index contributed by atoms with van der Waals surface area (Å²) in [6.45, 7) is 2.82. The lowest BCUT2D eigenvalue weighted by Crippen LogP contribution is -2.46. The summed E-state index contributed by atoms with van der Waals surface area (Å²) in [4.78, 5) is 17.2. The minimum atomic E-state index is -0.711. The number of piperidine rings is 1. The second kappa shape index (κ2) is 4.14. The van der Waals surface area contributed by atoms with Crippen LogP contribution < -0.4 is 4.90 Å². The normalized spacial score (nSPS) is 26.6. The maximum Gasteiger partial charge on any atom is 0.308 e. The predicted molar refractivity (Wildman–Crippen MR) is 57.1 cm³/mol. The van der Waals surface area contributed by atoms with Crippen molar-refractivity contribution in [3.05, 3.63) is 6.33 Å². The first-order chi connectivity index (χ1) is 7.20. The molecule has 0 radical (unpaired) electrons. The van der Waals surface area contributed by atoms with Gasteiger partial charge in [0, 0.05) is 24.1 Å². The maximum absolute atomic E-state index is 11.0. The van der Waals surface area contributed by atoms with Gasteiger partial charge in [-0.15, -0.1) is 0 Å². The summed E-state index contributed by atoms with van der Waals surface area (Å²) in [5.41, 5.74) is 0. The lowest BCUT2D eigenvalue weighted by atomic mass is 9.91. The van der Waals surface area contributed by atoms with E-state index in [4.69, 9.17) is 5.11 Å². The molecular formula is C9H13N3O2S. The maximum atomic E-state index is 11.0. The third kappa shape index (κ3) is 1.94. The Balaban J connectivity index is 2.16. The van der Waals surface area contributed by atoms with Crippen LogP contribution in [-0.2, 0) is 4.79 Å². The van der Waals surface area contributed by atoms with Crippen LogP contribution >= 0.6 is 11.5 Å². The zero-order valence-electron chi connectivity index (χ0n) is 8.46. The molecule has 2 atom stereocenters. The first kappa shape index (κ1) is 10.4. The van der Waals surface area contributed by atoms with Crippen molar-refractivity contribution < 1.29 is 9.90 Å². The van der Waals surface area contributed by atoms with Crippen LogP contribution in [0.5, 0.6) is 0 Å². The van der Waals surface area contributed by atoms with Gasteiger partial charge in [0.05, 0.1) is 5.92 Å². The summed E-state index contributed by atoms with van der Waals surface area (Å²) in [5, 5.41) is 9.89. The number of hydrogen-bond acceptors (Lipinski definition) is 5. The SMILES string of the molecule is CC1C(C(=O)O)CCCN1c1ncns1. The van der Waals surface area contributed by atoms with E-state index in [9.17, 15) is 4.79 Å². The van der Waals surface area contributed by atoms with Crippen molar-refractivity contribution in [2.75, 3.05) is 11.4 Å². The highest BCUT2D eigenvalue weighted by molar-refractivity contribution is 7.09. The number of nitrogens with zero attached hydrogens (tertiary/aromatic N) is 3. The molecule has 0 spiro atoms. The summed E-state index contributed by atoms with van der Waals surface area (Å²) >= 11 is 1.32. The van der Waals surface area contributed by atoms with Gasteiger partial charge in [0.1, 0.15) is 6.33 Å². The van der Waals surface area contributed by atoms with Crippen LogP contribution in [0, 0.1) is 5.92 Å². The van der Waals surface area contributed by atoms with Gasteiger partial charge in [0.25, 0.3) is 0 Å². The number of anilines is 1. The summed E-state index contributed by atoms with van der Waals surface area (Å²) in [6, 6.07) is 0.00389. The second-order valence-electron chi connectivity index (χ2n) is 3.74. The van der Waals surface area contributed by atoms with E-state index in [1.807, 2.05) is 11.8 Å². The van der Waals surface area contributed by atoms with Gasteiger partial charge in [0.2, 0.25) is 5.13 Å². The van der Waals surface area contributed by atoms with Crippen molar-refractivity contribution >= 4 is 22.6 Å². The minimum Gasteiger partial charge on any atom is -0.481 e. The third-order valence-corrected chi connectivity index (χ3v) is 3.60. The van der Waals surface area contributed by atoms with Gasteiger partial charge in [-0.1, -0.05) is 0 Å². The quantitative estimate of drug-likeness (QED) is 0.823. The van der Waals surface area contributed by atoms with Crippen LogP contribution in [0.15, 0.2) is 6.33 Å². The minimum absolute atomic E-state index is 0.00389. The molecule has 1 aromatic heterocycles. The molecule has 1 aromatic rings. The molecule has 0 aliphatic carbocycles. The fourth-order valence-electron chi connectivity index (χ4n) is 2.04. The molecule has 2 unspecified atom stereocenters. The topological polar surface area (TPSA) is 66.3 Å². The zero-order chi connectivity index (χ0) is 10.8. The summed E-state index contributed by atoms with van der Waals surface area (Å²) in [5.74, 6) is -1.00. The number of rotatable bonds is 2. The van der Waals surface area contributed by atoms with Crippen molar-refractivity contribution in [3.8, 4) is 0 Å². The van der Waals surface area contributed by atoms with Crippen LogP contribution in [0.4, 0.5) is 5.13 Å². The molecule has 6 heteroatoms.